The summed E-state index contributed by atoms with van der Waals surface area (Å²) >= 11 is 0.806. The minimum atomic E-state index is -1.17. The Labute approximate surface area is 78.1 Å². The van der Waals surface area contributed by atoms with Gasteiger partial charge in [-0.25, -0.2) is 4.98 Å². The van der Waals surface area contributed by atoms with Crippen LogP contribution in [0.25, 0.3) is 0 Å². The fourth-order valence-corrected chi connectivity index (χ4v) is 1.31. The molecule has 0 bridgehead atoms. The van der Waals surface area contributed by atoms with Crippen molar-refractivity contribution >= 4 is 23.7 Å². The van der Waals surface area contributed by atoms with Crippen molar-refractivity contribution in [3.8, 4) is 0 Å². The first-order valence-electron chi connectivity index (χ1n) is 3.36. The quantitative estimate of drug-likeness (QED) is 0.680. The van der Waals surface area contributed by atoms with Crippen molar-refractivity contribution in [2.45, 2.75) is 12.2 Å². The zero-order valence-electron chi connectivity index (χ0n) is 6.75. The highest BCUT2D eigenvalue weighted by Gasteiger charge is 2.24. The molecule has 70 valence electrons. The predicted molar refractivity (Wildman–Crippen MR) is 45.1 cm³/mol. The van der Waals surface area contributed by atoms with Gasteiger partial charge in [-0.1, -0.05) is 0 Å². The van der Waals surface area contributed by atoms with Gasteiger partial charge < -0.3 is 5.11 Å². The van der Waals surface area contributed by atoms with E-state index in [1.807, 2.05) is 0 Å². The van der Waals surface area contributed by atoms with Crippen LogP contribution in [0, 0.1) is 0 Å². The van der Waals surface area contributed by atoms with Gasteiger partial charge in [0.05, 0.1) is 0 Å². The standard InChI is InChI=1S/C6H7N3O3S/c1-4(10)5(6(11)12)13-9-3-7-2-8-9/h2-3,5H,1H3,(H,11,12). The van der Waals surface area contributed by atoms with Crippen molar-refractivity contribution in [2.75, 3.05) is 0 Å². The lowest BCUT2D eigenvalue weighted by atomic mass is 10.3. The Balaban J connectivity index is 2.69. The molecule has 0 aliphatic heterocycles. The van der Waals surface area contributed by atoms with Crippen LogP contribution >= 0.6 is 11.9 Å². The van der Waals surface area contributed by atoms with Gasteiger partial charge in [-0.3, -0.25) is 9.59 Å². The number of carboxylic acids is 1. The van der Waals surface area contributed by atoms with Crippen molar-refractivity contribution in [1.82, 2.24) is 14.2 Å². The summed E-state index contributed by atoms with van der Waals surface area (Å²) in [6.07, 6.45) is 2.61. The molecule has 1 N–H and O–H groups in total. The predicted octanol–water partition coefficient (Wildman–Crippen LogP) is -0.183. The summed E-state index contributed by atoms with van der Waals surface area (Å²) in [7, 11) is 0. The summed E-state index contributed by atoms with van der Waals surface area (Å²) in [5, 5.41) is 11.2. The Hall–Kier alpha value is -1.37. The largest absolute Gasteiger partial charge is 0.480 e. The van der Waals surface area contributed by atoms with E-state index in [1.54, 1.807) is 0 Å². The van der Waals surface area contributed by atoms with E-state index in [1.165, 1.54) is 23.7 Å². The zero-order chi connectivity index (χ0) is 9.84. The van der Waals surface area contributed by atoms with Crippen LogP contribution in [0.5, 0.6) is 0 Å². The lowest BCUT2D eigenvalue weighted by Gasteiger charge is -2.05. The molecule has 0 radical (unpaired) electrons. The van der Waals surface area contributed by atoms with Crippen molar-refractivity contribution in [1.29, 1.82) is 0 Å². The van der Waals surface area contributed by atoms with Gasteiger partial charge in [0.25, 0.3) is 0 Å². The molecule has 0 saturated heterocycles. The normalized spacial score (nSPS) is 12.4. The Morgan fingerprint density at radius 1 is 1.62 bits per heavy atom. The minimum Gasteiger partial charge on any atom is -0.480 e. The van der Waals surface area contributed by atoms with E-state index in [2.05, 4.69) is 10.1 Å². The van der Waals surface area contributed by atoms with Gasteiger partial charge in [-0.2, -0.15) is 4.09 Å². The fraction of sp³-hybridized carbons (Fsp3) is 0.333. The highest BCUT2D eigenvalue weighted by Crippen LogP contribution is 2.12. The molecule has 0 aromatic carbocycles. The van der Waals surface area contributed by atoms with Gasteiger partial charge in [0.2, 0.25) is 0 Å². The maximum absolute atomic E-state index is 10.8. The average Bonchev–Trinajstić information content (AvgIpc) is 2.50. The van der Waals surface area contributed by atoms with Crippen LogP contribution in [-0.2, 0) is 9.59 Å². The number of aliphatic carboxylic acids is 1. The molecule has 1 heterocycles. The molecule has 1 rings (SSSR count). The monoisotopic (exact) mass is 201 g/mol. The van der Waals surface area contributed by atoms with Gasteiger partial charge in [-0.05, 0) is 18.9 Å². The molecule has 7 heteroatoms. The molecule has 1 atom stereocenters. The van der Waals surface area contributed by atoms with Gasteiger partial charge in [-0.15, -0.1) is 5.10 Å². The fourth-order valence-electron chi connectivity index (χ4n) is 0.653. The lowest BCUT2D eigenvalue weighted by Crippen LogP contribution is -2.25. The molecule has 0 aliphatic rings. The number of aromatic nitrogens is 3. The summed E-state index contributed by atoms with van der Waals surface area (Å²) in [4.78, 5) is 25.0. The van der Waals surface area contributed by atoms with Crippen molar-refractivity contribution in [3.05, 3.63) is 12.7 Å². The summed E-state index contributed by atoms with van der Waals surface area (Å²) in [6, 6.07) is 0. The van der Waals surface area contributed by atoms with E-state index >= 15 is 0 Å². The van der Waals surface area contributed by atoms with Gasteiger partial charge in [0, 0.05) is 0 Å². The number of hydrogen-bond donors (Lipinski definition) is 1. The first-order chi connectivity index (χ1) is 6.11. The smallest absolute Gasteiger partial charge is 0.326 e. The van der Waals surface area contributed by atoms with E-state index in [-0.39, 0.29) is 0 Å². The van der Waals surface area contributed by atoms with Crippen molar-refractivity contribution < 1.29 is 14.7 Å². The molecule has 0 fully saturated rings. The maximum Gasteiger partial charge on any atom is 0.326 e. The Bertz CT molecular complexity index is 297. The van der Waals surface area contributed by atoms with Crippen LogP contribution in [0.1, 0.15) is 6.92 Å². The molecule has 1 aromatic heterocycles. The molecule has 6 nitrogen and oxygen atoms in total. The molecule has 0 spiro atoms. The molecule has 0 amide bonds. The molecule has 1 aromatic rings. The average molecular weight is 201 g/mol. The van der Waals surface area contributed by atoms with Crippen LogP contribution in [-0.4, -0.2) is 36.3 Å². The number of carbonyl (C=O) groups is 2. The summed E-state index contributed by atoms with van der Waals surface area (Å²) in [6.45, 7) is 1.22. The van der Waals surface area contributed by atoms with E-state index in [0.717, 1.165) is 11.9 Å². The second-order valence-corrected chi connectivity index (χ2v) is 3.29. The highest BCUT2D eigenvalue weighted by atomic mass is 32.2. The Morgan fingerprint density at radius 3 is 2.69 bits per heavy atom. The van der Waals surface area contributed by atoms with Crippen molar-refractivity contribution in [3.63, 3.8) is 0 Å². The van der Waals surface area contributed by atoms with Gasteiger partial charge in [0.15, 0.2) is 11.0 Å². The SMILES string of the molecule is CC(=O)C(Sn1cncn1)C(=O)O. The number of hydrogen-bond acceptors (Lipinski definition) is 5. The van der Waals surface area contributed by atoms with Crippen LogP contribution in [0.3, 0.4) is 0 Å². The number of ketones is 1. The van der Waals surface area contributed by atoms with E-state index in [4.69, 9.17) is 5.11 Å². The molecular weight excluding hydrogens is 194 g/mol. The Morgan fingerprint density at radius 2 is 2.31 bits per heavy atom. The van der Waals surface area contributed by atoms with E-state index in [9.17, 15) is 9.59 Å². The molecule has 0 saturated carbocycles. The Kier molecular flexibility index (Phi) is 3.02. The number of carbonyl (C=O) groups excluding carboxylic acids is 1. The van der Waals surface area contributed by atoms with Crippen LogP contribution in [0.2, 0.25) is 0 Å². The highest BCUT2D eigenvalue weighted by molar-refractivity contribution is 7.99. The first-order valence-corrected chi connectivity index (χ1v) is 4.20. The minimum absolute atomic E-state index is 0.423. The number of Topliss-reactive ketones (excluding diaryl/α,β-unsaturated/α-hetero) is 1. The van der Waals surface area contributed by atoms with Gasteiger partial charge in [0.1, 0.15) is 12.7 Å². The second kappa shape index (κ2) is 4.04. The molecule has 0 aliphatic carbocycles. The summed E-state index contributed by atoms with van der Waals surface area (Å²) in [5.41, 5.74) is 0. The van der Waals surface area contributed by atoms with Crippen molar-refractivity contribution in [2.24, 2.45) is 0 Å². The van der Waals surface area contributed by atoms with E-state index in [0.29, 0.717) is 0 Å². The third-order valence-corrected chi connectivity index (χ3v) is 2.35. The van der Waals surface area contributed by atoms with Crippen LogP contribution in [0.15, 0.2) is 12.7 Å². The number of carboxylic acid groups (broad SMARTS) is 1. The topological polar surface area (TPSA) is 85.1 Å². The number of nitrogens with zero attached hydrogens (tertiary/aromatic N) is 3. The summed E-state index contributed by atoms with van der Waals surface area (Å²) in [5.74, 6) is -1.60. The first kappa shape index (κ1) is 9.72. The second-order valence-electron chi connectivity index (χ2n) is 2.23. The van der Waals surface area contributed by atoms with Crippen LogP contribution in [0.4, 0.5) is 0 Å². The lowest BCUT2D eigenvalue weighted by molar-refractivity contribution is -0.139. The van der Waals surface area contributed by atoms with E-state index < -0.39 is 17.0 Å². The number of rotatable bonds is 4. The van der Waals surface area contributed by atoms with Crippen LogP contribution < -0.4 is 0 Å². The summed E-state index contributed by atoms with van der Waals surface area (Å²) < 4.78 is 1.24. The maximum atomic E-state index is 10.8. The third-order valence-electron chi connectivity index (χ3n) is 1.20. The van der Waals surface area contributed by atoms with Gasteiger partial charge >= 0.3 is 5.97 Å². The molecular formula is C6H7N3O3S. The third kappa shape index (κ3) is 2.55. The zero-order valence-corrected chi connectivity index (χ0v) is 7.56. The molecule has 1 unspecified atom stereocenters. The molecule has 13 heavy (non-hydrogen) atoms.